The van der Waals surface area contributed by atoms with Crippen LogP contribution in [0.3, 0.4) is 0 Å². The molecule has 1 unspecified atom stereocenters. The van der Waals surface area contributed by atoms with E-state index in [4.69, 9.17) is 4.74 Å². The highest BCUT2D eigenvalue weighted by Crippen LogP contribution is 2.24. The molecule has 10 heteroatoms. The molecule has 0 bridgehead atoms. The maximum atomic E-state index is 12.6. The zero-order valence-corrected chi connectivity index (χ0v) is 15.1. The number of nitro benzene ring substituents is 1. The fourth-order valence-electron chi connectivity index (χ4n) is 2.88. The summed E-state index contributed by atoms with van der Waals surface area (Å²) in [4.78, 5) is 10.2. The summed E-state index contributed by atoms with van der Waals surface area (Å²) in [5.74, 6) is 0. The largest absolute Gasteiger partial charge is 0.376 e. The van der Waals surface area contributed by atoms with Crippen molar-refractivity contribution in [1.29, 1.82) is 0 Å². The normalized spacial score (nSPS) is 17.8. The number of ether oxygens (including phenoxy) is 1. The van der Waals surface area contributed by atoms with Gasteiger partial charge in [-0.1, -0.05) is 6.07 Å². The molecule has 9 nitrogen and oxygen atoms in total. The molecule has 1 aromatic carbocycles. The van der Waals surface area contributed by atoms with Gasteiger partial charge < -0.3 is 4.74 Å². The van der Waals surface area contributed by atoms with Crippen molar-refractivity contribution in [3.8, 4) is 0 Å². The third kappa shape index (κ3) is 4.20. The van der Waals surface area contributed by atoms with Crippen LogP contribution in [-0.2, 0) is 21.3 Å². The molecule has 2 aromatic rings. The average molecular weight is 380 g/mol. The molecular weight excluding hydrogens is 360 g/mol. The van der Waals surface area contributed by atoms with Crippen molar-refractivity contribution in [3.63, 3.8) is 0 Å². The first-order valence-electron chi connectivity index (χ1n) is 8.27. The zero-order chi connectivity index (χ0) is 18.7. The van der Waals surface area contributed by atoms with Crippen LogP contribution in [-0.4, -0.2) is 35.8 Å². The van der Waals surface area contributed by atoms with Crippen molar-refractivity contribution in [1.82, 2.24) is 9.78 Å². The first-order valence-corrected chi connectivity index (χ1v) is 9.75. The van der Waals surface area contributed by atoms with E-state index in [2.05, 4.69) is 9.82 Å². The summed E-state index contributed by atoms with van der Waals surface area (Å²) in [6, 6.07) is 3.74. The Labute approximate surface area is 151 Å². The number of nitrogens with zero attached hydrogens (tertiary/aromatic N) is 3. The zero-order valence-electron chi connectivity index (χ0n) is 14.3. The Hall–Kier alpha value is -2.46. The van der Waals surface area contributed by atoms with Crippen LogP contribution in [0, 0.1) is 17.0 Å². The van der Waals surface area contributed by atoms with E-state index >= 15 is 0 Å². The van der Waals surface area contributed by atoms with Crippen molar-refractivity contribution in [2.45, 2.75) is 43.7 Å². The molecule has 2 heterocycles. The van der Waals surface area contributed by atoms with E-state index in [-0.39, 0.29) is 16.7 Å². The maximum Gasteiger partial charge on any atom is 0.270 e. The topological polar surface area (TPSA) is 116 Å². The lowest BCUT2D eigenvalue weighted by atomic mass is 10.1. The molecular formula is C16H20N4O5S. The first-order chi connectivity index (χ1) is 12.3. The minimum Gasteiger partial charge on any atom is -0.376 e. The molecule has 1 saturated heterocycles. The summed E-state index contributed by atoms with van der Waals surface area (Å²) in [6.07, 6.45) is 6.19. The quantitative estimate of drug-likeness (QED) is 0.608. The fourth-order valence-corrected chi connectivity index (χ4v) is 4.17. The number of benzene rings is 1. The molecule has 0 amide bonds. The Morgan fingerprint density at radius 1 is 1.42 bits per heavy atom. The molecule has 26 heavy (non-hydrogen) atoms. The minimum atomic E-state index is -3.96. The van der Waals surface area contributed by atoms with E-state index in [1.54, 1.807) is 17.8 Å². The van der Waals surface area contributed by atoms with Crippen LogP contribution in [0.2, 0.25) is 0 Å². The second-order valence-corrected chi connectivity index (χ2v) is 7.90. The van der Waals surface area contributed by atoms with Crippen LogP contribution in [0.25, 0.3) is 0 Å². The van der Waals surface area contributed by atoms with E-state index in [0.717, 1.165) is 31.9 Å². The highest BCUT2D eigenvalue weighted by Gasteiger charge is 2.22. The van der Waals surface area contributed by atoms with E-state index in [9.17, 15) is 18.5 Å². The van der Waals surface area contributed by atoms with Gasteiger partial charge in [0.1, 0.15) is 0 Å². The highest BCUT2D eigenvalue weighted by molar-refractivity contribution is 7.92. The van der Waals surface area contributed by atoms with Crippen molar-refractivity contribution >= 4 is 21.4 Å². The van der Waals surface area contributed by atoms with Crippen molar-refractivity contribution in [2.75, 3.05) is 11.3 Å². The third-order valence-electron chi connectivity index (χ3n) is 4.22. The number of rotatable bonds is 6. The van der Waals surface area contributed by atoms with Gasteiger partial charge in [-0.05, 0) is 31.7 Å². The van der Waals surface area contributed by atoms with Gasteiger partial charge in [0.15, 0.2) is 0 Å². The lowest BCUT2D eigenvalue weighted by molar-refractivity contribution is -0.385. The van der Waals surface area contributed by atoms with Gasteiger partial charge in [0, 0.05) is 24.9 Å². The standard InChI is InChI=1S/C16H20N4O5S/c1-12-5-6-14(20(21)22)8-16(12)26(23,24)18-13-9-17-19(10-13)11-15-4-2-3-7-25-15/h5-6,8-10,15,18H,2-4,7,11H2,1H3. The van der Waals surface area contributed by atoms with Gasteiger partial charge in [-0.25, -0.2) is 8.42 Å². The fraction of sp³-hybridized carbons (Fsp3) is 0.438. The van der Waals surface area contributed by atoms with Crippen LogP contribution in [0.15, 0.2) is 35.5 Å². The summed E-state index contributed by atoms with van der Waals surface area (Å²) < 4.78 is 34.9. The number of aryl methyl sites for hydroxylation is 1. The summed E-state index contributed by atoms with van der Waals surface area (Å²) in [5.41, 5.74) is 0.443. The minimum absolute atomic E-state index is 0.0760. The van der Waals surface area contributed by atoms with Gasteiger partial charge in [-0.15, -0.1) is 0 Å². The number of non-ortho nitro benzene ring substituents is 1. The molecule has 140 valence electrons. The molecule has 3 rings (SSSR count). The summed E-state index contributed by atoms with van der Waals surface area (Å²) >= 11 is 0. The van der Waals surface area contributed by atoms with Gasteiger partial charge >= 0.3 is 0 Å². The highest BCUT2D eigenvalue weighted by atomic mass is 32.2. The first kappa shape index (κ1) is 18.3. The van der Waals surface area contributed by atoms with E-state index in [0.29, 0.717) is 17.8 Å². The van der Waals surface area contributed by atoms with Gasteiger partial charge in [-0.3, -0.25) is 19.5 Å². The van der Waals surface area contributed by atoms with Crippen LogP contribution in [0.5, 0.6) is 0 Å². The molecule has 1 aliphatic heterocycles. The number of nitro groups is 1. The van der Waals surface area contributed by atoms with E-state index in [1.165, 1.54) is 18.3 Å². The SMILES string of the molecule is Cc1ccc([N+](=O)[O-])cc1S(=O)(=O)Nc1cnn(CC2CCCCO2)c1. The predicted octanol–water partition coefficient (Wildman–Crippen LogP) is 2.47. The molecule has 1 atom stereocenters. The molecule has 0 aliphatic carbocycles. The number of nitrogens with one attached hydrogen (secondary N) is 1. The summed E-state index contributed by atoms with van der Waals surface area (Å²) in [7, 11) is -3.96. The number of hydrogen-bond donors (Lipinski definition) is 1. The van der Waals surface area contributed by atoms with Crippen molar-refractivity contribution < 1.29 is 18.1 Å². The van der Waals surface area contributed by atoms with E-state index in [1.807, 2.05) is 0 Å². The average Bonchev–Trinajstić information content (AvgIpc) is 3.02. The van der Waals surface area contributed by atoms with Gasteiger partial charge in [0.25, 0.3) is 15.7 Å². The van der Waals surface area contributed by atoms with Crippen LogP contribution >= 0.6 is 0 Å². The second kappa shape index (κ2) is 7.42. The number of aromatic nitrogens is 2. The molecule has 0 radical (unpaired) electrons. The lowest BCUT2D eigenvalue weighted by Crippen LogP contribution is -2.24. The molecule has 1 fully saturated rings. The molecule has 0 saturated carbocycles. The van der Waals surface area contributed by atoms with Gasteiger partial charge in [0.05, 0.1) is 34.4 Å². The second-order valence-electron chi connectivity index (χ2n) is 6.25. The van der Waals surface area contributed by atoms with Crippen molar-refractivity contribution in [2.24, 2.45) is 0 Å². The molecule has 1 aromatic heterocycles. The monoisotopic (exact) mass is 380 g/mol. The predicted molar refractivity (Wildman–Crippen MR) is 94.5 cm³/mol. The Balaban J connectivity index is 1.75. The van der Waals surface area contributed by atoms with Crippen molar-refractivity contribution in [3.05, 3.63) is 46.3 Å². The summed E-state index contributed by atoms with van der Waals surface area (Å²) in [6.45, 7) is 2.87. The van der Waals surface area contributed by atoms with E-state index < -0.39 is 14.9 Å². The Morgan fingerprint density at radius 3 is 2.92 bits per heavy atom. The van der Waals surface area contributed by atoms with Gasteiger partial charge in [-0.2, -0.15) is 5.10 Å². The molecule has 1 aliphatic rings. The van der Waals surface area contributed by atoms with Crippen LogP contribution in [0.1, 0.15) is 24.8 Å². The van der Waals surface area contributed by atoms with Crippen LogP contribution in [0.4, 0.5) is 11.4 Å². The molecule has 1 N–H and O–H groups in total. The number of hydrogen-bond acceptors (Lipinski definition) is 6. The Morgan fingerprint density at radius 2 is 2.23 bits per heavy atom. The number of sulfonamides is 1. The Bertz CT molecular complexity index is 903. The van der Waals surface area contributed by atoms with Gasteiger partial charge in [0.2, 0.25) is 0 Å². The Kier molecular flexibility index (Phi) is 5.23. The van der Waals surface area contributed by atoms with Crippen LogP contribution < -0.4 is 4.72 Å². The lowest BCUT2D eigenvalue weighted by Gasteiger charge is -2.22. The number of anilines is 1. The molecule has 0 spiro atoms. The maximum absolute atomic E-state index is 12.6. The third-order valence-corrected chi connectivity index (χ3v) is 5.75. The summed E-state index contributed by atoms with van der Waals surface area (Å²) in [5, 5.41) is 15.1. The smallest absolute Gasteiger partial charge is 0.270 e.